The van der Waals surface area contributed by atoms with Gasteiger partial charge in [-0.05, 0) is 37.8 Å². The molecule has 2 aliphatic rings. The lowest BCUT2D eigenvalue weighted by Crippen LogP contribution is -2.39. The number of carbonyl (C=O) groups is 1. The van der Waals surface area contributed by atoms with Gasteiger partial charge >= 0.3 is 0 Å². The van der Waals surface area contributed by atoms with Crippen molar-refractivity contribution in [2.24, 2.45) is 5.92 Å². The highest BCUT2D eigenvalue weighted by Gasteiger charge is 2.24. The van der Waals surface area contributed by atoms with E-state index in [0.717, 1.165) is 76.3 Å². The summed E-state index contributed by atoms with van der Waals surface area (Å²) in [6.07, 6.45) is 5.21. The summed E-state index contributed by atoms with van der Waals surface area (Å²) in [6, 6.07) is 2.14. The van der Waals surface area contributed by atoms with E-state index >= 15 is 0 Å². The van der Waals surface area contributed by atoms with Crippen LogP contribution in [0.2, 0.25) is 0 Å². The first-order valence-electron chi connectivity index (χ1n) is 10.0. The quantitative estimate of drug-likeness (QED) is 0.812. The van der Waals surface area contributed by atoms with E-state index in [0.29, 0.717) is 18.2 Å². The topological polar surface area (TPSA) is 89.1 Å². The van der Waals surface area contributed by atoms with E-state index in [4.69, 9.17) is 4.52 Å². The van der Waals surface area contributed by atoms with Crippen LogP contribution in [0.25, 0.3) is 0 Å². The van der Waals surface area contributed by atoms with Gasteiger partial charge in [0.15, 0.2) is 5.82 Å². The van der Waals surface area contributed by atoms with Crippen molar-refractivity contribution >= 4 is 18.3 Å². The normalized spacial score (nSPS) is 17.7. The molecule has 2 aliphatic heterocycles. The molecule has 1 amide bonds. The molecule has 0 saturated carbocycles. The van der Waals surface area contributed by atoms with Crippen LogP contribution in [0.4, 0.5) is 0 Å². The number of nitrogens with zero attached hydrogens (tertiary/aromatic N) is 5. The Morgan fingerprint density at radius 1 is 1.32 bits per heavy atom. The summed E-state index contributed by atoms with van der Waals surface area (Å²) < 4.78 is 7.13. The van der Waals surface area contributed by atoms with Gasteiger partial charge in [-0.2, -0.15) is 10.1 Å². The first kappa shape index (κ1) is 20.8. The maximum atomic E-state index is 12.6. The molecular weight excluding hydrogens is 380 g/mol. The molecule has 4 heterocycles. The molecule has 1 N–H and O–H groups in total. The Bertz CT molecular complexity index is 758. The second kappa shape index (κ2) is 9.52. The molecule has 154 valence electrons. The molecule has 0 unspecified atom stereocenters. The molecule has 9 heteroatoms. The maximum absolute atomic E-state index is 12.6. The Kier molecular flexibility index (Phi) is 7.07. The van der Waals surface area contributed by atoms with E-state index < -0.39 is 0 Å². The van der Waals surface area contributed by atoms with Gasteiger partial charge in [-0.1, -0.05) is 5.16 Å². The van der Waals surface area contributed by atoms with Crippen LogP contribution in [0, 0.1) is 12.8 Å². The average Bonchev–Trinajstić information content (AvgIpc) is 3.19. The molecule has 4 rings (SSSR count). The van der Waals surface area contributed by atoms with Crippen LogP contribution in [-0.2, 0) is 30.7 Å². The Balaban J connectivity index is 0.00000225. The van der Waals surface area contributed by atoms with Gasteiger partial charge in [0.1, 0.15) is 0 Å². The number of aryl methyl sites for hydroxylation is 3. The highest BCUT2D eigenvalue weighted by molar-refractivity contribution is 5.85. The Labute approximate surface area is 171 Å². The van der Waals surface area contributed by atoms with Gasteiger partial charge in [0, 0.05) is 52.4 Å². The molecule has 2 aromatic heterocycles. The van der Waals surface area contributed by atoms with Gasteiger partial charge in [0.05, 0.1) is 11.4 Å². The van der Waals surface area contributed by atoms with Gasteiger partial charge in [-0.25, -0.2) is 0 Å². The number of aromatic nitrogens is 4. The molecular formula is C19H29ClN6O2. The SMILES string of the molecule is Cc1nc(CC2CCN(C(=O)CCc3cc4n(n3)CCCNC4)CC2)no1.Cl. The zero-order valence-corrected chi connectivity index (χ0v) is 17.2. The minimum absolute atomic E-state index is 0. The number of carbonyl (C=O) groups excluding carboxylic acids is 1. The predicted molar refractivity (Wildman–Crippen MR) is 106 cm³/mol. The number of hydrogen-bond acceptors (Lipinski definition) is 6. The molecule has 28 heavy (non-hydrogen) atoms. The van der Waals surface area contributed by atoms with Crippen molar-refractivity contribution in [2.75, 3.05) is 19.6 Å². The minimum Gasteiger partial charge on any atom is -0.343 e. The summed E-state index contributed by atoms with van der Waals surface area (Å²) in [6.45, 7) is 6.33. The van der Waals surface area contributed by atoms with E-state index in [-0.39, 0.29) is 18.3 Å². The van der Waals surface area contributed by atoms with Crippen molar-refractivity contribution in [3.05, 3.63) is 29.2 Å². The molecule has 0 spiro atoms. The standard InChI is InChI=1S/C19H28N6O2.ClH/c1-14-21-18(23-27-14)11-15-5-9-24(10-6-15)19(26)4-3-16-12-17-13-20-7-2-8-25(17)22-16;/h12,15,20H,2-11,13H2,1H3;1H. The van der Waals surface area contributed by atoms with Crippen molar-refractivity contribution in [1.29, 1.82) is 0 Å². The number of nitrogens with one attached hydrogen (secondary N) is 1. The van der Waals surface area contributed by atoms with Crippen molar-refractivity contribution in [3.63, 3.8) is 0 Å². The molecule has 0 bridgehead atoms. The summed E-state index contributed by atoms with van der Waals surface area (Å²) in [5.74, 6) is 2.17. The van der Waals surface area contributed by atoms with E-state index in [1.807, 2.05) is 11.8 Å². The zero-order chi connectivity index (χ0) is 18.6. The molecule has 8 nitrogen and oxygen atoms in total. The van der Waals surface area contributed by atoms with Crippen LogP contribution in [0.5, 0.6) is 0 Å². The Morgan fingerprint density at radius 3 is 2.89 bits per heavy atom. The van der Waals surface area contributed by atoms with Crippen molar-refractivity contribution in [3.8, 4) is 0 Å². The molecule has 0 aliphatic carbocycles. The lowest BCUT2D eigenvalue weighted by Gasteiger charge is -2.31. The first-order chi connectivity index (χ1) is 13.2. The largest absolute Gasteiger partial charge is 0.343 e. The smallest absolute Gasteiger partial charge is 0.223 e. The van der Waals surface area contributed by atoms with Crippen LogP contribution in [0.3, 0.4) is 0 Å². The fourth-order valence-electron chi connectivity index (χ4n) is 4.01. The third-order valence-electron chi connectivity index (χ3n) is 5.55. The van der Waals surface area contributed by atoms with E-state index in [1.54, 1.807) is 0 Å². The summed E-state index contributed by atoms with van der Waals surface area (Å²) in [5.41, 5.74) is 2.26. The molecule has 1 saturated heterocycles. The van der Waals surface area contributed by atoms with Gasteiger partial charge in [-0.3, -0.25) is 9.48 Å². The van der Waals surface area contributed by atoms with E-state index in [9.17, 15) is 4.79 Å². The number of piperidine rings is 1. The average molecular weight is 409 g/mol. The summed E-state index contributed by atoms with van der Waals surface area (Å²) in [7, 11) is 0. The highest BCUT2D eigenvalue weighted by Crippen LogP contribution is 2.21. The molecule has 2 aromatic rings. The van der Waals surface area contributed by atoms with Crippen LogP contribution < -0.4 is 5.32 Å². The number of likely N-dealkylation sites (tertiary alicyclic amines) is 1. The van der Waals surface area contributed by atoms with Crippen LogP contribution in [0.1, 0.15) is 48.8 Å². The lowest BCUT2D eigenvalue weighted by atomic mass is 9.93. The van der Waals surface area contributed by atoms with Gasteiger partial charge < -0.3 is 14.7 Å². The number of fused-ring (bicyclic) bond motifs is 1. The highest BCUT2D eigenvalue weighted by atomic mass is 35.5. The fraction of sp³-hybridized carbons (Fsp3) is 0.684. The third-order valence-corrected chi connectivity index (χ3v) is 5.55. The molecule has 0 atom stereocenters. The zero-order valence-electron chi connectivity index (χ0n) is 16.4. The molecule has 1 fully saturated rings. The summed E-state index contributed by atoms with van der Waals surface area (Å²) in [5, 5.41) is 12.1. The van der Waals surface area contributed by atoms with Crippen LogP contribution in [0.15, 0.2) is 10.6 Å². The minimum atomic E-state index is 0. The van der Waals surface area contributed by atoms with Gasteiger partial charge in [0.2, 0.25) is 11.8 Å². The molecule has 0 radical (unpaired) electrons. The second-order valence-electron chi connectivity index (χ2n) is 7.64. The van der Waals surface area contributed by atoms with Crippen molar-refractivity contribution in [1.82, 2.24) is 30.1 Å². The number of halogens is 1. The fourth-order valence-corrected chi connectivity index (χ4v) is 4.01. The Hall–Kier alpha value is -1.93. The molecule has 0 aromatic carbocycles. The summed E-state index contributed by atoms with van der Waals surface area (Å²) >= 11 is 0. The summed E-state index contributed by atoms with van der Waals surface area (Å²) in [4.78, 5) is 18.9. The maximum Gasteiger partial charge on any atom is 0.223 e. The number of rotatable bonds is 5. The van der Waals surface area contributed by atoms with Gasteiger partial charge in [-0.15, -0.1) is 12.4 Å². The van der Waals surface area contributed by atoms with Gasteiger partial charge in [0.25, 0.3) is 0 Å². The lowest BCUT2D eigenvalue weighted by molar-refractivity contribution is -0.132. The Morgan fingerprint density at radius 2 is 2.14 bits per heavy atom. The first-order valence-corrected chi connectivity index (χ1v) is 10.0. The second-order valence-corrected chi connectivity index (χ2v) is 7.64. The number of amides is 1. The van der Waals surface area contributed by atoms with Crippen molar-refractivity contribution < 1.29 is 9.32 Å². The third kappa shape index (κ3) is 5.11. The van der Waals surface area contributed by atoms with Crippen LogP contribution >= 0.6 is 12.4 Å². The predicted octanol–water partition coefficient (Wildman–Crippen LogP) is 1.90. The number of hydrogen-bond donors (Lipinski definition) is 1. The van der Waals surface area contributed by atoms with E-state index in [1.165, 1.54) is 5.69 Å². The monoisotopic (exact) mass is 408 g/mol. The van der Waals surface area contributed by atoms with Crippen molar-refractivity contribution in [2.45, 2.75) is 58.5 Å². The van der Waals surface area contributed by atoms with Crippen LogP contribution in [-0.4, -0.2) is 50.4 Å². The van der Waals surface area contributed by atoms with E-state index in [2.05, 4.69) is 31.3 Å².